The molecule has 0 saturated heterocycles. The van der Waals surface area contributed by atoms with Crippen molar-refractivity contribution in [3.8, 4) is 5.75 Å². The zero-order valence-corrected chi connectivity index (χ0v) is 11.1. The summed E-state index contributed by atoms with van der Waals surface area (Å²) in [7, 11) is 0. The molecule has 0 bridgehead atoms. The van der Waals surface area contributed by atoms with E-state index in [1.807, 2.05) is 0 Å². The Kier molecular flexibility index (Phi) is 4.15. The maximum Gasteiger partial charge on any atom is 0.228 e. The second kappa shape index (κ2) is 6.02. The number of phenolic OH excluding ortho intramolecular Hbond substituents is 1. The predicted molar refractivity (Wildman–Crippen MR) is 76.9 cm³/mol. The highest BCUT2D eigenvalue weighted by Crippen LogP contribution is 2.17. The van der Waals surface area contributed by atoms with E-state index < -0.39 is 0 Å². The van der Waals surface area contributed by atoms with Crippen LogP contribution >= 0.6 is 0 Å². The fourth-order valence-electron chi connectivity index (χ4n) is 1.85. The smallest absolute Gasteiger partial charge is 0.228 e. The van der Waals surface area contributed by atoms with Crippen LogP contribution in [0.5, 0.6) is 5.75 Å². The standard InChI is InChI=1S/C16H15NO3/c1-11(18)12-6-4-7-14(9-12)17-16(20)10-13-5-2-3-8-15(13)19/h2-9,19H,10H2,1H3,(H,17,20). The lowest BCUT2D eigenvalue weighted by molar-refractivity contribution is -0.115. The Morgan fingerprint density at radius 1 is 1.10 bits per heavy atom. The van der Waals surface area contributed by atoms with E-state index in [9.17, 15) is 14.7 Å². The number of ketones is 1. The summed E-state index contributed by atoms with van der Waals surface area (Å²) in [5.41, 5.74) is 1.68. The normalized spacial score (nSPS) is 10.1. The number of hydrogen-bond donors (Lipinski definition) is 2. The lowest BCUT2D eigenvalue weighted by Gasteiger charge is -2.07. The SMILES string of the molecule is CC(=O)c1cccc(NC(=O)Cc2ccccc2O)c1. The number of carbonyl (C=O) groups is 2. The molecule has 2 rings (SSSR count). The Hall–Kier alpha value is -2.62. The third kappa shape index (κ3) is 3.45. The molecule has 1 amide bonds. The molecule has 0 atom stereocenters. The van der Waals surface area contributed by atoms with Crippen LogP contribution in [-0.4, -0.2) is 16.8 Å². The van der Waals surface area contributed by atoms with Gasteiger partial charge in [0.15, 0.2) is 5.78 Å². The van der Waals surface area contributed by atoms with Crippen molar-refractivity contribution in [2.24, 2.45) is 0 Å². The predicted octanol–water partition coefficient (Wildman–Crippen LogP) is 2.78. The Balaban J connectivity index is 2.07. The highest BCUT2D eigenvalue weighted by molar-refractivity contribution is 5.97. The quantitative estimate of drug-likeness (QED) is 0.839. The third-order valence-corrected chi connectivity index (χ3v) is 2.90. The topological polar surface area (TPSA) is 66.4 Å². The molecule has 0 unspecified atom stereocenters. The second-order valence-corrected chi connectivity index (χ2v) is 4.49. The Bertz CT molecular complexity index is 650. The average Bonchev–Trinajstić information content (AvgIpc) is 2.41. The lowest BCUT2D eigenvalue weighted by Crippen LogP contribution is -2.14. The van der Waals surface area contributed by atoms with Gasteiger partial charge in [0.1, 0.15) is 5.75 Å². The number of hydrogen-bond acceptors (Lipinski definition) is 3. The van der Waals surface area contributed by atoms with Crippen molar-refractivity contribution in [3.63, 3.8) is 0 Å². The summed E-state index contributed by atoms with van der Waals surface area (Å²) in [5, 5.41) is 12.3. The Morgan fingerprint density at radius 3 is 2.55 bits per heavy atom. The summed E-state index contributed by atoms with van der Waals surface area (Å²) in [6.07, 6.45) is 0.0803. The van der Waals surface area contributed by atoms with Crippen molar-refractivity contribution >= 4 is 17.4 Å². The molecule has 0 aliphatic carbocycles. The van der Waals surface area contributed by atoms with Gasteiger partial charge in [0.2, 0.25) is 5.91 Å². The fraction of sp³-hybridized carbons (Fsp3) is 0.125. The van der Waals surface area contributed by atoms with Crippen LogP contribution in [0.1, 0.15) is 22.8 Å². The van der Waals surface area contributed by atoms with E-state index in [0.29, 0.717) is 16.8 Å². The summed E-state index contributed by atoms with van der Waals surface area (Å²) in [4.78, 5) is 23.2. The van der Waals surface area contributed by atoms with Gasteiger partial charge in [-0.05, 0) is 25.1 Å². The molecule has 0 heterocycles. The minimum Gasteiger partial charge on any atom is -0.508 e. The van der Waals surface area contributed by atoms with Crippen LogP contribution < -0.4 is 5.32 Å². The molecular weight excluding hydrogens is 254 g/mol. The van der Waals surface area contributed by atoms with Crippen LogP contribution in [-0.2, 0) is 11.2 Å². The van der Waals surface area contributed by atoms with Crippen molar-refractivity contribution in [1.29, 1.82) is 0 Å². The number of Topliss-reactive ketones (excluding diaryl/α,β-unsaturated/α-hetero) is 1. The molecule has 2 N–H and O–H groups in total. The average molecular weight is 269 g/mol. The van der Waals surface area contributed by atoms with E-state index in [4.69, 9.17) is 0 Å². The number of para-hydroxylation sites is 1. The number of anilines is 1. The molecule has 0 saturated carbocycles. The van der Waals surface area contributed by atoms with Crippen LogP contribution in [0.4, 0.5) is 5.69 Å². The van der Waals surface area contributed by atoms with Gasteiger partial charge < -0.3 is 10.4 Å². The molecule has 2 aromatic carbocycles. The van der Waals surface area contributed by atoms with Gasteiger partial charge >= 0.3 is 0 Å². The molecule has 4 heteroatoms. The van der Waals surface area contributed by atoms with Gasteiger partial charge in [0.05, 0.1) is 6.42 Å². The number of rotatable bonds is 4. The summed E-state index contributed by atoms with van der Waals surface area (Å²) in [6, 6.07) is 13.5. The zero-order chi connectivity index (χ0) is 14.5. The van der Waals surface area contributed by atoms with E-state index in [1.165, 1.54) is 6.92 Å². The molecule has 0 aromatic heterocycles. The van der Waals surface area contributed by atoms with Crippen molar-refractivity contribution in [1.82, 2.24) is 0 Å². The van der Waals surface area contributed by atoms with Crippen LogP contribution in [0.3, 0.4) is 0 Å². The Morgan fingerprint density at radius 2 is 1.85 bits per heavy atom. The second-order valence-electron chi connectivity index (χ2n) is 4.49. The fourth-order valence-corrected chi connectivity index (χ4v) is 1.85. The molecule has 4 nitrogen and oxygen atoms in total. The maximum absolute atomic E-state index is 11.9. The monoisotopic (exact) mass is 269 g/mol. The number of amides is 1. The van der Waals surface area contributed by atoms with E-state index in [2.05, 4.69) is 5.32 Å². The van der Waals surface area contributed by atoms with Gasteiger partial charge in [-0.25, -0.2) is 0 Å². The van der Waals surface area contributed by atoms with Gasteiger partial charge in [0, 0.05) is 16.8 Å². The minimum absolute atomic E-state index is 0.0539. The number of nitrogens with one attached hydrogen (secondary N) is 1. The first-order valence-corrected chi connectivity index (χ1v) is 6.24. The van der Waals surface area contributed by atoms with Crippen molar-refractivity contribution in [3.05, 3.63) is 59.7 Å². The van der Waals surface area contributed by atoms with Gasteiger partial charge in [-0.3, -0.25) is 9.59 Å². The summed E-state index contributed by atoms with van der Waals surface area (Å²) in [5.74, 6) is -0.200. The first-order chi connectivity index (χ1) is 9.56. The van der Waals surface area contributed by atoms with Crippen LogP contribution in [0, 0.1) is 0 Å². The number of benzene rings is 2. The highest BCUT2D eigenvalue weighted by atomic mass is 16.3. The molecular formula is C16H15NO3. The molecule has 0 spiro atoms. The van der Waals surface area contributed by atoms with E-state index in [-0.39, 0.29) is 23.9 Å². The highest BCUT2D eigenvalue weighted by Gasteiger charge is 2.08. The van der Waals surface area contributed by atoms with E-state index in [0.717, 1.165) is 0 Å². The maximum atomic E-state index is 11.9. The molecule has 20 heavy (non-hydrogen) atoms. The van der Waals surface area contributed by atoms with E-state index >= 15 is 0 Å². The number of phenols is 1. The summed E-state index contributed by atoms with van der Waals surface area (Å²) < 4.78 is 0. The van der Waals surface area contributed by atoms with Crippen molar-refractivity contribution in [2.75, 3.05) is 5.32 Å². The number of aromatic hydroxyl groups is 1. The van der Waals surface area contributed by atoms with Gasteiger partial charge in [-0.1, -0.05) is 30.3 Å². The summed E-state index contributed by atoms with van der Waals surface area (Å²) >= 11 is 0. The molecule has 0 aliphatic heterocycles. The molecule has 102 valence electrons. The largest absolute Gasteiger partial charge is 0.508 e. The van der Waals surface area contributed by atoms with Crippen LogP contribution in [0.2, 0.25) is 0 Å². The molecule has 0 fully saturated rings. The first kappa shape index (κ1) is 13.8. The van der Waals surface area contributed by atoms with Gasteiger partial charge in [0.25, 0.3) is 0 Å². The molecule has 0 radical (unpaired) electrons. The lowest BCUT2D eigenvalue weighted by atomic mass is 10.1. The van der Waals surface area contributed by atoms with Crippen molar-refractivity contribution < 1.29 is 14.7 Å². The number of carbonyl (C=O) groups excluding carboxylic acids is 2. The van der Waals surface area contributed by atoms with Crippen LogP contribution in [0.15, 0.2) is 48.5 Å². The van der Waals surface area contributed by atoms with Crippen LogP contribution in [0.25, 0.3) is 0 Å². The van der Waals surface area contributed by atoms with Crippen molar-refractivity contribution in [2.45, 2.75) is 13.3 Å². The van der Waals surface area contributed by atoms with E-state index in [1.54, 1.807) is 48.5 Å². The Labute approximate surface area is 117 Å². The summed E-state index contributed by atoms with van der Waals surface area (Å²) in [6.45, 7) is 1.48. The van der Waals surface area contributed by atoms with Gasteiger partial charge in [-0.2, -0.15) is 0 Å². The molecule has 2 aromatic rings. The van der Waals surface area contributed by atoms with Gasteiger partial charge in [-0.15, -0.1) is 0 Å². The minimum atomic E-state index is -0.243. The molecule has 0 aliphatic rings. The first-order valence-electron chi connectivity index (χ1n) is 6.24. The third-order valence-electron chi connectivity index (χ3n) is 2.90. The zero-order valence-electron chi connectivity index (χ0n) is 11.1.